The first-order valence-electron chi connectivity index (χ1n) is 6.21. The summed E-state index contributed by atoms with van der Waals surface area (Å²) in [5.41, 5.74) is 1.22. The van der Waals surface area contributed by atoms with Crippen molar-refractivity contribution >= 4 is 0 Å². The minimum absolute atomic E-state index is 0.611. The molecule has 0 nitrogen and oxygen atoms in total. The number of fused-ring (bicyclic) bond motifs is 5. The van der Waals surface area contributed by atoms with E-state index in [2.05, 4.69) is 24.3 Å². The van der Waals surface area contributed by atoms with Gasteiger partial charge in [-0.1, -0.05) is 24.3 Å². The average molecular weight is 186 g/mol. The van der Waals surface area contributed by atoms with Crippen LogP contribution in [0.25, 0.3) is 0 Å². The highest BCUT2D eigenvalue weighted by Gasteiger charge is 2.57. The third kappa shape index (κ3) is 0.699. The molecule has 4 atom stereocenters. The highest BCUT2D eigenvalue weighted by Crippen LogP contribution is 2.67. The molecule has 0 aromatic heterocycles. The Morgan fingerprint density at radius 2 is 1.29 bits per heavy atom. The predicted molar refractivity (Wildman–Crippen MR) is 57.8 cm³/mol. The Morgan fingerprint density at radius 1 is 0.786 bits per heavy atom. The van der Waals surface area contributed by atoms with Crippen LogP contribution in [0.5, 0.6) is 0 Å². The minimum atomic E-state index is 0.611. The van der Waals surface area contributed by atoms with Gasteiger partial charge in [0.2, 0.25) is 0 Å². The summed E-state index contributed by atoms with van der Waals surface area (Å²) in [5.74, 6) is 1.88. The van der Waals surface area contributed by atoms with E-state index in [-0.39, 0.29) is 0 Å². The van der Waals surface area contributed by atoms with Crippen LogP contribution in [0.2, 0.25) is 0 Å². The van der Waals surface area contributed by atoms with Crippen LogP contribution in [0.1, 0.15) is 38.5 Å². The largest absolute Gasteiger partial charge is 0.0848 e. The van der Waals surface area contributed by atoms with Crippen molar-refractivity contribution in [3.8, 4) is 0 Å². The fourth-order valence-electron chi connectivity index (χ4n) is 4.74. The zero-order chi connectivity index (χ0) is 9.23. The van der Waals surface area contributed by atoms with Crippen LogP contribution >= 0.6 is 0 Å². The summed E-state index contributed by atoms with van der Waals surface area (Å²) in [7, 11) is 0. The molecule has 14 heavy (non-hydrogen) atoms. The van der Waals surface area contributed by atoms with E-state index in [0.29, 0.717) is 10.8 Å². The fraction of sp³-hybridized carbons (Fsp3) is 0.714. The molecule has 0 N–H and O–H groups in total. The van der Waals surface area contributed by atoms with Crippen molar-refractivity contribution in [2.45, 2.75) is 38.5 Å². The van der Waals surface area contributed by atoms with Crippen LogP contribution in [-0.2, 0) is 0 Å². The topological polar surface area (TPSA) is 0 Å². The molecule has 4 aliphatic rings. The van der Waals surface area contributed by atoms with E-state index >= 15 is 0 Å². The highest BCUT2D eigenvalue weighted by molar-refractivity contribution is 5.30. The Hall–Kier alpha value is -0.520. The molecule has 74 valence electrons. The average Bonchev–Trinajstić information content (AvgIpc) is 2.98. The SMILES string of the molecule is C1=CC2(C34C=CC(CC3)C4)CCC1C2. The molecule has 0 heterocycles. The highest BCUT2D eigenvalue weighted by atomic mass is 14.6. The lowest BCUT2D eigenvalue weighted by Gasteiger charge is -2.41. The van der Waals surface area contributed by atoms with Gasteiger partial charge in [0.05, 0.1) is 0 Å². The zero-order valence-electron chi connectivity index (χ0n) is 8.71. The van der Waals surface area contributed by atoms with E-state index in [1.165, 1.54) is 38.5 Å². The van der Waals surface area contributed by atoms with E-state index in [0.717, 1.165) is 11.8 Å². The zero-order valence-corrected chi connectivity index (χ0v) is 8.71. The van der Waals surface area contributed by atoms with E-state index in [4.69, 9.17) is 0 Å². The van der Waals surface area contributed by atoms with Gasteiger partial charge in [-0.2, -0.15) is 0 Å². The van der Waals surface area contributed by atoms with Crippen LogP contribution in [0.3, 0.4) is 0 Å². The summed E-state index contributed by atoms with van der Waals surface area (Å²) < 4.78 is 0. The maximum atomic E-state index is 2.60. The third-order valence-corrected chi connectivity index (χ3v) is 5.54. The number of hydrogen-bond donors (Lipinski definition) is 0. The number of allylic oxidation sites excluding steroid dienone is 4. The van der Waals surface area contributed by atoms with Crippen LogP contribution in [0.4, 0.5) is 0 Å². The van der Waals surface area contributed by atoms with Crippen LogP contribution in [0.15, 0.2) is 24.3 Å². The van der Waals surface area contributed by atoms with Gasteiger partial charge < -0.3 is 0 Å². The van der Waals surface area contributed by atoms with E-state index in [9.17, 15) is 0 Å². The molecule has 0 aliphatic heterocycles. The second-order valence-corrected chi connectivity index (χ2v) is 6.04. The van der Waals surface area contributed by atoms with Crippen molar-refractivity contribution in [1.82, 2.24) is 0 Å². The van der Waals surface area contributed by atoms with Gasteiger partial charge in [-0.15, -0.1) is 0 Å². The lowest BCUT2D eigenvalue weighted by atomic mass is 9.62. The predicted octanol–water partition coefficient (Wildman–Crippen LogP) is 3.70. The summed E-state index contributed by atoms with van der Waals surface area (Å²) in [6.07, 6.45) is 19.1. The van der Waals surface area contributed by atoms with Crippen molar-refractivity contribution in [1.29, 1.82) is 0 Å². The molecule has 0 saturated heterocycles. The Labute approximate surface area is 86.1 Å². The Bertz CT molecular complexity index is 304. The third-order valence-electron chi connectivity index (χ3n) is 5.54. The maximum Gasteiger partial charge on any atom is -0.00212 e. The summed E-state index contributed by atoms with van der Waals surface area (Å²) in [6, 6.07) is 0. The summed E-state index contributed by atoms with van der Waals surface area (Å²) >= 11 is 0. The Balaban J connectivity index is 1.81. The first-order chi connectivity index (χ1) is 6.82. The number of hydrogen-bond acceptors (Lipinski definition) is 0. The maximum absolute atomic E-state index is 2.60. The molecule has 2 fully saturated rings. The van der Waals surface area contributed by atoms with E-state index in [1.54, 1.807) is 0 Å². The van der Waals surface area contributed by atoms with Crippen LogP contribution in [0, 0.1) is 22.7 Å². The van der Waals surface area contributed by atoms with Gasteiger partial charge in [-0.05, 0) is 61.2 Å². The molecule has 4 rings (SSSR count). The molecule has 0 spiro atoms. The molecule has 4 unspecified atom stereocenters. The van der Waals surface area contributed by atoms with Gasteiger partial charge in [-0.25, -0.2) is 0 Å². The summed E-state index contributed by atoms with van der Waals surface area (Å²) in [4.78, 5) is 0. The second-order valence-electron chi connectivity index (χ2n) is 6.04. The van der Waals surface area contributed by atoms with Crippen LogP contribution < -0.4 is 0 Å². The van der Waals surface area contributed by atoms with Gasteiger partial charge in [0.1, 0.15) is 0 Å². The monoisotopic (exact) mass is 186 g/mol. The normalized spacial score (nSPS) is 57.7. The quantitative estimate of drug-likeness (QED) is 0.548. The van der Waals surface area contributed by atoms with E-state index in [1.807, 2.05) is 0 Å². The summed E-state index contributed by atoms with van der Waals surface area (Å²) in [6.45, 7) is 0. The smallest absolute Gasteiger partial charge is 0.00212 e. The van der Waals surface area contributed by atoms with Gasteiger partial charge >= 0.3 is 0 Å². The van der Waals surface area contributed by atoms with Gasteiger partial charge in [0, 0.05) is 0 Å². The van der Waals surface area contributed by atoms with Crippen molar-refractivity contribution in [3.05, 3.63) is 24.3 Å². The summed E-state index contributed by atoms with van der Waals surface area (Å²) in [5, 5.41) is 0. The van der Waals surface area contributed by atoms with Crippen molar-refractivity contribution in [2.24, 2.45) is 22.7 Å². The standard InChI is InChI=1S/C14H18/c1-5-13(6-2-11(1)9-13)14-7-3-12(10-14)4-8-14/h1,3,5,7,11-12H,2,4,6,8-10H2. The molecule has 0 aromatic rings. The Kier molecular flexibility index (Phi) is 1.20. The Morgan fingerprint density at radius 3 is 1.50 bits per heavy atom. The van der Waals surface area contributed by atoms with Crippen LogP contribution in [-0.4, -0.2) is 0 Å². The van der Waals surface area contributed by atoms with Gasteiger partial charge in [0.15, 0.2) is 0 Å². The lowest BCUT2D eigenvalue weighted by Crippen LogP contribution is -2.33. The lowest BCUT2D eigenvalue weighted by molar-refractivity contribution is 0.157. The van der Waals surface area contributed by atoms with Crippen molar-refractivity contribution < 1.29 is 0 Å². The molecule has 4 aliphatic carbocycles. The molecule has 0 amide bonds. The van der Waals surface area contributed by atoms with Crippen molar-refractivity contribution in [2.75, 3.05) is 0 Å². The van der Waals surface area contributed by atoms with E-state index < -0.39 is 0 Å². The molecule has 2 saturated carbocycles. The first-order valence-corrected chi connectivity index (χ1v) is 6.21. The molecule has 0 aromatic carbocycles. The minimum Gasteiger partial charge on any atom is -0.0848 e. The molecule has 4 bridgehead atoms. The fourth-order valence-corrected chi connectivity index (χ4v) is 4.74. The molecule has 0 radical (unpaired) electrons. The van der Waals surface area contributed by atoms with Crippen molar-refractivity contribution in [3.63, 3.8) is 0 Å². The first kappa shape index (κ1) is 7.73. The number of rotatable bonds is 1. The second kappa shape index (κ2) is 2.18. The molecule has 0 heteroatoms. The van der Waals surface area contributed by atoms with Gasteiger partial charge in [0.25, 0.3) is 0 Å². The molecular formula is C14H18. The molecular weight excluding hydrogens is 168 g/mol. The van der Waals surface area contributed by atoms with Gasteiger partial charge in [-0.3, -0.25) is 0 Å².